The molecule has 7 nitrogen and oxygen atoms in total. The molecule has 0 aliphatic carbocycles. The molecule has 0 spiro atoms. The van der Waals surface area contributed by atoms with Gasteiger partial charge < -0.3 is 10.4 Å². The van der Waals surface area contributed by atoms with E-state index in [1.165, 1.54) is 12.1 Å². The van der Waals surface area contributed by atoms with E-state index in [0.29, 0.717) is 0 Å². The van der Waals surface area contributed by atoms with E-state index >= 15 is 0 Å². The van der Waals surface area contributed by atoms with Crippen molar-refractivity contribution in [2.24, 2.45) is 0 Å². The van der Waals surface area contributed by atoms with Gasteiger partial charge in [0.1, 0.15) is 6.04 Å². The summed E-state index contributed by atoms with van der Waals surface area (Å²) >= 11 is 0. The number of rotatable bonds is 8. The highest BCUT2D eigenvalue weighted by Gasteiger charge is 2.27. The zero-order valence-electron chi connectivity index (χ0n) is 14.2. The van der Waals surface area contributed by atoms with Crippen molar-refractivity contribution in [3.05, 3.63) is 65.7 Å². The molecular weight excluding hydrogens is 356 g/mol. The summed E-state index contributed by atoms with van der Waals surface area (Å²) in [5.74, 6) is -1.98. The lowest BCUT2D eigenvalue weighted by Gasteiger charge is -2.17. The molecule has 1 atom stereocenters. The van der Waals surface area contributed by atoms with E-state index in [9.17, 15) is 18.0 Å². The molecule has 0 aliphatic rings. The number of nitrogens with one attached hydrogen (secondary N) is 2. The van der Waals surface area contributed by atoms with Gasteiger partial charge in [0.15, 0.2) is 0 Å². The number of hydrogen-bond donors (Lipinski definition) is 3. The Hall–Kier alpha value is -2.71. The van der Waals surface area contributed by atoms with Gasteiger partial charge in [-0.2, -0.15) is 4.72 Å². The molecule has 2 rings (SSSR count). The predicted octanol–water partition coefficient (Wildman–Crippen LogP) is 1.43. The molecule has 3 N–H and O–H groups in total. The summed E-state index contributed by atoms with van der Waals surface area (Å²) in [6, 6.07) is 13.6. The van der Waals surface area contributed by atoms with Crippen LogP contribution in [0.5, 0.6) is 0 Å². The number of aliphatic carboxylic acids is 1. The highest BCUT2D eigenvalue weighted by molar-refractivity contribution is 7.89. The Morgan fingerprint density at radius 2 is 1.65 bits per heavy atom. The number of sulfonamides is 1. The molecule has 0 radical (unpaired) electrons. The third-order valence-corrected chi connectivity index (χ3v) is 5.12. The molecule has 0 saturated carbocycles. The third kappa shape index (κ3) is 5.68. The summed E-state index contributed by atoms with van der Waals surface area (Å²) in [7, 11) is -4.02. The number of carboxylic acid groups (broad SMARTS) is 1. The van der Waals surface area contributed by atoms with E-state index in [1.807, 2.05) is 13.0 Å². The zero-order chi connectivity index (χ0) is 19.2. The van der Waals surface area contributed by atoms with E-state index in [0.717, 1.165) is 11.1 Å². The first-order chi connectivity index (χ1) is 12.3. The van der Waals surface area contributed by atoms with E-state index in [2.05, 4.69) is 10.0 Å². The summed E-state index contributed by atoms with van der Waals surface area (Å²) in [5, 5.41) is 11.6. The molecule has 0 unspecified atom stereocenters. The van der Waals surface area contributed by atoms with Gasteiger partial charge in [-0.25, -0.2) is 8.42 Å². The fourth-order valence-corrected chi connectivity index (χ4v) is 3.44. The molecule has 138 valence electrons. The lowest BCUT2D eigenvalue weighted by Crippen LogP contribution is -2.47. The first kappa shape index (κ1) is 19.6. The second-order valence-corrected chi connectivity index (χ2v) is 7.50. The number of hydrogen-bond acceptors (Lipinski definition) is 4. The van der Waals surface area contributed by atoms with Crippen LogP contribution in [0.25, 0.3) is 0 Å². The molecule has 0 aliphatic heterocycles. The van der Waals surface area contributed by atoms with Crippen LogP contribution < -0.4 is 10.0 Å². The van der Waals surface area contributed by atoms with Gasteiger partial charge in [-0.05, 0) is 24.6 Å². The van der Waals surface area contributed by atoms with Crippen LogP contribution in [0.4, 0.5) is 0 Å². The Morgan fingerprint density at radius 1 is 1.04 bits per heavy atom. The standard InChI is InChI=1S/C18H20N2O5S/c1-13-7-9-15(10-8-13)26(24,25)20-16(11-17(21)22)18(23)19-12-14-5-3-2-4-6-14/h2-10,16,20H,11-12H2,1H3,(H,19,23)(H,21,22)/t16-/m0/s1. The number of carbonyl (C=O) groups is 2. The van der Waals surface area contributed by atoms with Crippen LogP contribution in [0, 0.1) is 6.92 Å². The smallest absolute Gasteiger partial charge is 0.305 e. The van der Waals surface area contributed by atoms with Crippen molar-refractivity contribution in [1.29, 1.82) is 0 Å². The molecule has 26 heavy (non-hydrogen) atoms. The summed E-state index contributed by atoms with van der Waals surface area (Å²) in [4.78, 5) is 23.3. The molecule has 8 heteroatoms. The lowest BCUT2D eigenvalue weighted by molar-refractivity contribution is -0.139. The van der Waals surface area contributed by atoms with Crippen molar-refractivity contribution in [3.63, 3.8) is 0 Å². The monoisotopic (exact) mass is 376 g/mol. The van der Waals surface area contributed by atoms with Crippen LogP contribution in [-0.4, -0.2) is 31.4 Å². The Labute approximate surface area is 152 Å². The zero-order valence-corrected chi connectivity index (χ0v) is 15.0. The van der Waals surface area contributed by atoms with Crippen molar-refractivity contribution in [2.75, 3.05) is 0 Å². The Kier molecular flexibility index (Phi) is 6.48. The van der Waals surface area contributed by atoms with Crippen molar-refractivity contribution in [1.82, 2.24) is 10.0 Å². The van der Waals surface area contributed by atoms with Gasteiger partial charge in [0.05, 0.1) is 11.3 Å². The van der Waals surface area contributed by atoms with Crippen LogP contribution >= 0.6 is 0 Å². The topological polar surface area (TPSA) is 113 Å². The van der Waals surface area contributed by atoms with Gasteiger partial charge in [-0.15, -0.1) is 0 Å². The SMILES string of the molecule is Cc1ccc(S(=O)(=O)N[C@@H](CC(=O)O)C(=O)NCc2ccccc2)cc1. The molecule has 0 heterocycles. The Balaban J connectivity index is 2.11. The third-order valence-electron chi connectivity index (χ3n) is 3.63. The normalized spacial score (nSPS) is 12.3. The molecule has 0 fully saturated rings. The van der Waals surface area contributed by atoms with Gasteiger partial charge >= 0.3 is 5.97 Å². The van der Waals surface area contributed by atoms with E-state index < -0.39 is 34.4 Å². The molecular formula is C18H20N2O5S. The number of amides is 1. The molecule has 2 aromatic carbocycles. The second-order valence-electron chi connectivity index (χ2n) is 5.79. The van der Waals surface area contributed by atoms with E-state index in [4.69, 9.17) is 5.11 Å². The summed E-state index contributed by atoms with van der Waals surface area (Å²) in [5.41, 5.74) is 1.70. The highest BCUT2D eigenvalue weighted by Crippen LogP contribution is 2.11. The maximum absolute atomic E-state index is 12.4. The van der Waals surface area contributed by atoms with Gasteiger partial charge in [0.2, 0.25) is 15.9 Å². The maximum Gasteiger partial charge on any atom is 0.305 e. The van der Waals surface area contributed by atoms with Crippen LogP contribution in [0.3, 0.4) is 0 Å². The van der Waals surface area contributed by atoms with Crippen LogP contribution in [0.2, 0.25) is 0 Å². The van der Waals surface area contributed by atoms with Crippen LogP contribution in [0.1, 0.15) is 17.5 Å². The average molecular weight is 376 g/mol. The van der Waals surface area contributed by atoms with Gasteiger partial charge in [0, 0.05) is 6.54 Å². The fourth-order valence-electron chi connectivity index (χ4n) is 2.24. The van der Waals surface area contributed by atoms with Gasteiger partial charge in [-0.1, -0.05) is 48.0 Å². The lowest BCUT2D eigenvalue weighted by atomic mass is 10.2. The van der Waals surface area contributed by atoms with Crippen LogP contribution in [0.15, 0.2) is 59.5 Å². The second kappa shape index (κ2) is 8.59. The fraction of sp³-hybridized carbons (Fsp3) is 0.222. The van der Waals surface area contributed by atoms with Gasteiger partial charge in [-0.3, -0.25) is 9.59 Å². The molecule has 0 saturated heterocycles. The summed E-state index contributed by atoms with van der Waals surface area (Å²) < 4.78 is 27.0. The minimum absolute atomic E-state index is 0.0330. The first-order valence-electron chi connectivity index (χ1n) is 7.90. The maximum atomic E-state index is 12.4. The minimum Gasteiger partial charge on any atom is -0.481 e. The minimum atomic E-state index is -4.02. The number of benzene rings is 2. The Morgan fingerprint density at radius 3 is 2.23 bits per heavy atom. The first-order valence-corrected chi connectivity index (χ1v) is 9.38. The quantitative estimate of drug-likeness (QED) is 0.645. The largest absolute Gasteiger partial charge is 0.481 e. The number of aryl methyl sites for hydroxylation is 1. The van der Waals surface area contributed by atoms with Crippen LogP contribution in [-0.2, 0) is 26.2 Å². The molecule has 2 aromatic rings. The van der Waals surface area contributed by atoms with Crippen molar-refractivity contribution in [2.45, 2.75) is 30.8 Å². The number of carboxylic acids is 1. The molecule has 0 bridgehead atoms. The number of carbonyl (C=O) groups excluding carboxylic acids is 1. The molecule has 1 amide bonds. The van der Waals surface area contributed by atoms with Crippen molar-refractivity contribution >= 4 is 21.9 Å². The van der Waals surface area contributed by atoms with Gasteiger partial charge in [0.25, 0.3) is 0 Å². The van der Waals surface area contributed by atoms with E-state index in [-0.39, 0.29) is 11.4 Å². The van der Waals surface area contributed by atoms with Crippen molar-refractivity contribution in [3.8, 4) is 0 Å². The van der Waals surface area contributed by atoms with Crippen molar-refractivity contribution < 1.29 is 23.1 Å². The van der Waals surface area contributed by atoms with E-state index in [1.54, 1.807) is 36.4 Å². The summed E-state index contributed by atoms with van der Waals surface area (Å²) in [6.45, 7) is 1.98. The highest BCUT2D eigenvalue weighted by atomic mass is 32.2. The predicted molar refractivity (Wildman–Crippen MR) is 95.8 cm³/mol. The Bertz CT molecular complexity index is 864. The molecule has 0 aromatic heterocycles. The average Bonchev–Trinajstić information content (AvgIpc) is 2.60. The summed E-state index contributed by atoms with van der Waals surface area (Å²) in [6.07, 6.45) is -0.661.